The van der Waals surface area contributed by atoms with E-state index in [1.165, 1.54) is 0 Å². The molecule has 1 aromatic heterocycles. The van der Waals surface area contributed by atoms with Crippen LogP contribution in [0.5, 0.6) is 0 Å². The van der Waals surface area contributed by atoms with Crippen molar-refractivity contribution in [2.45, 2.75) is 26.3 Å². The van der Waals surface area contributed by atoms with Gasteiger partial charge in [0.2, 0.25) is 0 Å². The molecule has 0 unspecified atom stereocenters. The van der Waals surface area contributed by atoms with Crippen molar-refractivity contribution < 1.29 is 0 Å². The van der Waals surface area contributed by atoms with Gasteiger partial charge in [0.15, 0.2) is 0 Å². The van der Waals surface area contributed by atoms with Crippen LogP contribution in [0.4, 0.5) is 0 Å². The largest absolute Gasteiger partial charge is 0.324 e. The third-order valence-corrected chi connectivity index (χ3v) is 1.71. The Kier molecular flexibility index (Phi) is 2.59. The van der Waals surface area contributed by atoms with Crippen LogP contribution in [-0.2, 0) is 20.0 Å². The molecule has 0 amide bonds. The lowest BCUT2D eigenvalue weighted by Gasteiger charge is -1.99. The standard InChI is InChI=1S/C7H14N4/c1-3-4-6-9-10-7(5-8)11(6)2/h3-5,8H2,1-2H3. The Morgan fingerprint density at radius 1 is 1.36 bits per heavy atom. The number of hydrogen-bond donors (Lipinski definition) is 1. The van der Waals surface area contributed by atoms with E-state index >= 15 is 0 Å². The second kappa shape index (κ2) is 3.48. The van der Waals surface area contributed by atoms with Crippen molar-refractivity contribution in [1.82, 2.24) is 14.8 Å². The van der Waals surface area contributed by atoms with E-state index in [-0.39, 0.29) is 0 Å². The maximum atomic E-state index is 5.44. The second-order valence-electron chi connectivity index (χ2n) is 2.55. The molecule has 62 valence electrons. The maximum Gasteiger partial charge on any atom is 0.146 e. The summed E-state index contributed by atoms with van der Waals surface area (Å²) in [5.74, 6) is 1.88. The van der Waals surface area contributed by atoms with Crippen LogP contribution in [0.2, 0.25) is 0 Å². The smallest absolute Gasteiger partial charge is 0.146 e. The number of aromatic nitrogens is 3. The fourth-order valence-corrected chi connectivity index (χ4v) is 1.02. The summed E-state index contributed by atoms with van der Waals surface area (Å²) < 4.78 is 1.96. The minimum atomic E-state index is 0.465. The summed E-state index contributed by atoms with van der Waals surface area (Å²) in [6.45, 7) is 2.59. The predicted octanol–water partition coefficient (Wildman–Crippen LogP) is 0.226. The average Bonchev–Trinajstić information content (AvgIpc) is 2.34. The monoisotopic (exact) mass is 154 g/mol. The molecule has 0 saturated carbocycles. The van der Waals surface area contributed by atoms with Crippen molar-refractivity contribution in [2.24, 2.45) is 12.8 Å². The Morgan fingerprint density at radius 3 is 2.45 bits per heavy atom. The van der Waals surface area contributed by atoms with E-state index < -0.39 is 0 Å². The molecule has 4 nitrogen and oxygen atoms in total. The number of nitrogens with zero attached hydrogens (tertiary/aromatic N) is 3. The van der Waals surface area contributed by atoms with E-state index in [1.807, 2.05) is 11.6 Å². The molecule has 0 fully saturated rings. The lowest BCUT2D eigenvalue weighted by Crippen LogP contribution is -2.06. The summed E-state index contributed by atoms with van der Waals surface area (Å²) in [6, 6.07) is 0. The van der Waals surface area contributed by atoms with Gasteiger partial charge in [0, 0.05) is 13.5 Å². The quantitative estimate of drug-likeness (QED) is 0.678. The highest BCUT2D eigenvalue weighted by atomic mass is 15.3. The minimum absolute atomic E-state index is 0.465. The van der Waals surface area contributed by atoms with Crippen molar-refractivity contribution in [3.8, 4) is 0 Å². The molecule has 2 N–H and O–H groups in total. The SMILES string of the molecule is CCCc1nnc(CN)n1C. The summed E-state index contributed by atoms with van der Waals surface area (Å²) >= 11 is 0. The van der Waals surface area contributed by atoms with Crippen LogP contribution in [-0.4, -0.2) is 14.8 Å². The molecule has 0 aliphatic carbocycles. The molecule has 0 aliphatic heterocycles. The Balaban J connectivity index is 2.82. The molecule has 1 heterocycles. The highest BCUT2D eigenvalue weighted by Gasteiger charge is 2.04. The van der Waals surface area contributed by atoms with Crippen LogP contribution in [0, 0.1) is 0 Å². The van der Waals surface area contributed by atoms with Crippen molar-refractivity contribution in [3.63, 3.8) is 0 Å². The van der Waals surface area contributed by atoms with Gasteiger partial charge in [-0.3, -0.25) is 0 Å². The minimum Gasteiger partial charge on any atom is -0.324 e. The lowest BCUT2D eigenvalue weighted by atomic mass is 10.3. The molecule has 0 spiro atoms. The fraction of sp³-hybridized carbons (Fsp3) is 0.714. The maximum absolute atomic E-state index is 5.44. The molecule has 0 radical (unpaired) electrons. The van der Waals surface area contributed by atoms with Crippen LogP contribution in [0.25, 0.3) is 0 Å². The number of nitrogens with two attached hydrogens (primary N) is 1. The molecule has 0 saturated heterocycles. The Labute approximate surface area is 66.4 Å². The third kappa shape index (κ3) is 1.57. The first-order valence-corrected chi connectivity index (χ1v) is 3.86. The van der Waals surface area contributed by atoms with E-state index in [0.717, 1.165) is 24.5 Å². The predicted molar refractivity (Wildman–Crippen MR) is 42.9 cm³/mol. The van der Waals surface area contributed by atoms with Crippen LogP contribution in [0.1, 0.15) is 25.0 Å². The van der Waals surface area contributed by atoms with Gasteiger partial charge in [-0.05, 0) is 6.42 Å². The highest BCUT2D eigenvalue weighted by Crippen LogP contribution is 2.00. The molecule has 0 bridgehead atoms. The summed E-state index contributed by atoms with van der Waals surface area (Å²) in [7, 11) is 1.95. The van der Waals surface area contributed by atoms with E-state index in [2.05, 4.69) is 17.1 Å². The van der Waals surface area contributed by atoms with Gasteiger partial charge in [-0.2, -0.15) is 0 Å². The number of hydrogen-bond acceptors (Lipinski definition) is 3. The van der Waals surface area contributed by atoms with Gasteiger partial charge in [0.1, 0.15) is 11.6 Å². The van der Waals surface area contributed by atoms with E-state index in [9.17, 15) is 0 Å². The van der Waals surface area contributed by atoms with Crippen LogP contribution >= 0.6 is 0 Å². The normalized spacial score (nSPS) is 10.5. The van der Waals surface area contributed by atoms with Crippen molar-refractivity contribution in [1.29, 1.82) is 0 Å². The number of aryl methyl sites for hydroxylation is 1. The van der Waals surface area contributed by atoms with Gasteiger partial charge in [-0.25, -0.2) is 0 Å². The van der Waals surface area contributed by atoms with Gasteiger partial charge < -0.3 is 10.3 Å². The second-order valence-corrected chi connectivity index (χ2v) is 2.55. The third-order valence-electron chi connectivity index (χ3n) is 1.71. The van der Waals surface area contributed by atoms with Crippen LogP contribution in [0.15, 0.2) is 0 Å². The summed E-state index contributed by atoms with van der Waals surface area (Å²) in [6.07, 6.45) is 2.07. The molecule has 0 aliphatic rings. The Morgan fingerprint density at radius 2 is 2.00 bits per heavy atom. The molecule has 11 heavy (non-hydrogen) atoms. The molecular formula is C7H14N4. The zero-order chi connectivity index (χ0) is 8.27. The van der Waals surface area contributed by atoms with Gasteiger partial charge in [0.25, 0.3) is 0 Å². The topological polar surface area (TPSA) is 56.7 Å². The Bertz CT molecular complexity index is 228. The highest BCUT2D eigenvalue weighted by molar-refractivity contribution is 4.93. The zero-order valence-electron chi connectivity index (χ0n) is 7.04. The van der Waals surface area contributed by atoms with Crippen LogP contribution in [0.3, 0.4) is 0 Å². The summed E-state index contributed by atoms with van der Waals surface area (Å²) in [5.41, 5.74) is 5.44. The number of rotatable bonds is 3. The fourth-order valence-electron chi connectivity index (χ4n) is 1.02. The molecule has 4 heteroatoms. The Hall–Kier alpha value is -0.900. The first-order valence-electron chi connectivity index (χ1n) is 3.86. The molecule has 0 atom stereocenters. The zero-order valence-corrected chi connectivity index (χ0v) is 7.04. The van der Waals surface area contributed by atoms with Gasteiger partial charge in [-0.15, -0.1) is 10.2 Å². The van der Waals surface area contributed by atoms with Gasteiger partial charge in [-0.1, -0.05) is 6.92 Å². The van der Waals surface area contributed by atoms with E-state index in [1.54, 1.807) is 0 Å². The lowest BCUT2D eigenvalue weighted by molar-refractivity contribution is 0.725. The summed E-state index contributed by atoms with van der Waals surface area (Å²) in [4.78, 5) is 0. The molecule has 1 rings (SSSR count). The summed E-state index contributed by atoms with van der Waals surface area (Å²) in [5, 5.41) is 7.95. The van der Waals surface area contributed by atoms with Gasteiger partial charge >= 0.3 is 0 Å². The van der Waals surface area contributed by atoms with Gasteiger partial charge in [0.05, 0.1) is 6.54 Å². The average molecular weight is 154 g/mol. The van der Waals surface area contributed by atoms with Crippen molar-refractivity contribution >= 4 is 0 Å². The van der Waals surface area contributed by atoms with E-state index in [0.29, 0.717) is 6.54 Å². The van der Waals surface area contributed by atoms with E-state index in [4.69, 9.17) is 5.73 Å². The molecular weight excluding hydrogens is 140 g/mol. The molecule has 0 aromatic carbocycles. The van der Waals surface area contributed by atoms with Crippen molar-refractivity contribution in [2.75, 3.05) is 0 Å². The first-order chi connectivity index (χ1) is 5.29. The van der Waals surface area contributed by atoms with Crippen molar-refractivity contribution in [3.05, 3.63) is 11.6 Å². The first kappa shape index (κ1) is 8.20. The molecule has 1 aromatic rings. The van der Waals surface area contributed by atoms with Crippen LogP contribution < -0.4 is 5.73 Å².